The number of morpholine rings is 1. The third-order valence-electron chi connectivity index (χ3n) is 4.45. The number of carbonyl (C=O) groups is 1. The van der Waals surface area contributed by atoms with Crippen molar-refractivity contribution in [3.8, 4) is 0 Å². The van der Waals surface area contributed by atoms with Gasteiger partial charge in [0.1, 0.15) is 5.56 Å². The molecular formula is C18H27N3O4S. The predicted molar refractivity (Wildman–Crippen MR) is 103 cm³/mol. The summed E-state index contributed by atoms with van der Waals surface area (Å²) >= 11 is 1.45. The Morgan fingerprint density at radius 1 is 1.38 bits per heavy atom. The van der Waals surface area contributed by atoms with Crippen molar-refractivity contribution >= 4 is 23.4 Å². The van der Waals surface area contributed by atoms with E-state index in [4.69, 9.17) is 4.74 Å². The smallest absolute Gasteiger partial charge is 0.282 e. The van der Waals surface area contributed by atoms with Gasteiger partial charge in [-0.05, 0) is 30.7 Å². The first-order chi connectivity index (χ1) is 12.4. The first kappa shape index (κ1) is 20.7. The van der Waals surface area contributed by atoms with Gasteiger partial charge in [-0.25, -0.2) is 0 Å². The van der Waals surface area contributed by atoms with Crippen molar-refractivity contribution in [2.45, 2.75) is 31.2 Å². The van der Waals surface area contributed by atoms with E-state index in [9.17, 15) is 14.9 Å². The standard InChI is InChI=1S/C18H27N3O4S/c1-13(2)10-14(20-6-8-25-9-7-20)12-19-18(22)16-11-15(26-3)4-5-17(16)21(23)24/h4-5,11,13-14H,6-10,12H2,1-3H3,(H,19,22). The van der Waals surface area contributed by atoms with E-state index in [1.165, 1.54) is 17.8 Å². The lowest BCUT2D eigenvalue weighted by Crippen LogP contribution is -2.49. The summed E-state index contributed by atoms with van der Waals surface area (Å²) in [6.07, 6.45) is 2.83. The lowest BCUT2D eigenvalue weighted by atomic mass is 10.0. The van der Waals surface area contributed by atoms with Crippen molar-refractivity contribution in [3.63, 3.8) is 0 Å². The fourth-order valence-corrected chi connectivity index (χ4v) is 3.58. The second-order valence-corrected chi connectivity index (χ2v) is 7.66. The van der Waals surface area contributed by atoms with Crippen LogP contribution in [0.15, 0.2) is 23.1 Å². The monoisotopic (exact) mass is 381 g/mol. The van der Waals surface area contributed by atoms with E-state index >= 15 is 0 Å². The number of ether oxygens (including phenoxy) is 1. The Morgan fingerprint density at radius 3 is 2.65 bits per heavy atom. The molecule has 144 valence electrons. The van der Waals surface area contributed by atoms with Gasteiger partial charge in [0.25, 0.3) is 11.6 Å². The first-order valence-corrected chi connectivity index (χ1v) is 10.1. The zero-order valence-electron chi connectivity index (χ0n) is 15.6. The van der Waals surface area contributed by atoms with E-state index in [-0.39, 0.29) is 17.3 Å². The third kappa shape index (κ3) is 5.69. The molecule has 0 aromatic heterocycles. The van der Waals surface area contributed by atoms with Crippen molar-refractivity contribution in [1.82, 2.24) is 10.2 Å². The lowest BCUT2D eigenvalue weighted by Gasteiger charge is -2.35. The summed E-state index contributed by atoms with van der Waals surface area (Å²) in [6.45, 7) is 7.86. The summed E-state index contributed by atoms with van der Waals surface area (Å²) < 4.78 is 5.41. The van der Waals surface area contributed by atoms with Crippen LogP contribution in [0.3, 0.4) is 0 Å². The van der Waals surface area contributed by atoms with Crippen LogP contribution >= 0.6 is 11.8 Å². The molecule has 1 aliphatic heterocycles. The van der Waals surface area contributed by atoms with Crippen LogP contribution in [0.1, 0.15) is 30.6 Å². The molecule has 1 aromatic rings. The second-order valence-electron chi connectivity index (χ2n) is 6.78. The topological polar surface area (TPSA) is 84.7 Å². The number of hydrogen-bond donors (Lipinski definition) is 1. The number of amides is 1. The molecule has 0 aliphatic carbocycles. The zero-order chi connectivity index (χ0) is 19.1. The molecule has 0 radical (unpaired) electrons. The highest BCUT2D eigenvalue weighted by molar-refractivity contribution is 7.98. The molecule has 1 amide bonds. The van der Waals surface area contributed by atoms with E-state index in [0.717, 1.165) is 24.4 Å². The number of rotatable bonds is 8. The Morgan fingerprint density at radius 2 is 2.08 bits per heavy atom. The molecule has 8 heteroatoms. The molecule has 1 saturated heterocycles. The number of carbonyl (C=O) groups excluding carboxylic acids is 1. The summed E-state index contributed by atoms with van der Waals surface area (Å²) in [5.74, 6) is 0.100. The summed E-state index contributed by atoms with van der Waals surface area (Å²) in [7, 11) is 0. The maximum Gasteiger partial charge on any atom is 0.282 e. The quantitative estimate of drug-likeness (QED) is 0.423. The van der Waals surface area contributed by atoms with Crippen LogP contribution in [0.2, 0.25) is 0 Å². The number of hydrogen-bond acceptors (Lipinski definition) is 6. The van der Waals surface area contributed by atoms with Crippen LogP contribution in [0.4, 0.5) is 5.69 Å². The van der Waals surface area contributed by atoms with Gasteiger partial charge in [-0.15, -0.1) is 11.8 Å². The van der Waals surface area contributed by atoms with Gasteiger partial charge in [-0.1, -0.05) is 13.8 Å². The van der Waals surface area contributed by atoms with Gasteiger partial charge in [-0.2, -0.15) is 0 Å². The highest BCUT2D eigenvalue weighted by Crippen LogP contribution is 2.25. The average molecular weight is 381 g/mol. The van der Waals surface area contributed by atoms with Gasteiger partial charge in [-0.3, -0.25) is 19.8 Å². The summed E-state index contributed by atoms with van der Waals surface area (Å²) in [6, 6.07) is 4.85. The minimum absolute atomic E-state index is 0.118. The lowest BCUT2D eigenvalue weighted by molar-refractivity contribution is -0.385. The van der Waals surface area contributed by atoms with Gasteiger partial charge in [0, 0.05) is 36.6 Å². The summed E-state index contributed by atoms with van der Waals surface area (Å²) in [5.41, 5.74) is -0.0424. The van der Waals surface area contributed by atoms with Crippen molar-refractivity contribution in [3.05, 3.63) is 33.9 Å². The summed E-state index contributed by atoms with van der Waals surface area (Å²) in [4.78, 5) is 26.5. The fraction of sp³-hybridized carbons (Fsp3) is 0.611. The van der Waals surface area contributed by atoms with E-state index < -0.39 is 10.8 Å². The van der Waals surface area contributed by atoms with Crippen molar-refractivity contribution in [1.29, 1.82) is 0 Å². The molecule has 0 saturated carbocycles. The predicted octanol–water partition coefficient (Wildman–Crippen LogP) is 2.79. The summed E-state index contributed by atoms with van der Waals surface area (Å²) in [5, 5.41) is 14.2. The molecule has 1 heterocycles. The number of nitro groups is 1. The van der Waals surface area contributed by atoms with Crippen molar-refractivity contribution in [2.24, 2.45) is 5.92 Å². The van der Waals surface area contributed by atoms with Crippen molar-refractivity contribution in [2.75, 3.05) is 39.1 Å². The zero-order valence-corrected chi connectivity index (χ0v) is 16.4. The molecule has 0 spiro atoms. The molecule has 1 aliphatic rings. The van der Waals surface area contributed by atoms with Gasteiger partial charge >= 0.3 is 0 Å². The minimum atomic E-state index is -0.507. The van der Waals surface area contributed by atoms with Crippen LogP contribution in [0.25, 0.3) is 0 Å². The van der Waals surface area contributed by atoms with Crippen LogP contribution < -0.4 is 5.32 Å². The molecule has 1 unspecified atom stereocenters. The normalized spacial score (nSPS) is 16.5. The second kappa shape index (κ2) is 9.89. The van der Waals surface area contributed by atoms with Gasteiger partial charge in [0.15, 0.2) is 0 Å². The highest BCUT2D eigenvalue weighted by Gasteiger charge is 2.25. The number of nitrogens with zero attached hydrogens (tertiary/aromatic N) is 2. The molecule has 1 N–H and O–H groups in total. The Labute approximate surface area is 158 Å². The molecule has 26 heavy (non-hydrogen) atoms. The molecular weight excluding hydrogens is 354 g/mol. The third-order valence-corrected chi connectivity index (χ3v) is 5.17. The minimum Gasteiger partial charge on any atom is -0.379 e. The number of nitrogens with one attached hydrogen (secondary N) is 1. The van der Waals surface area contributed by atoms with Crippen molar-refractivity contribution < 1.29 is 14.5 Å². The van der Waals surface area contributed by atoms with Crippen LogP contribution in [-0.4, -0.2) is 60.9 Å². The maximum absolute atomic E-state index is 12.6. The van der Waals surface area contributed by atoms with Gasteiger partial charge in [0.2, 0.25) is 0 Å². The highest BCUT2D eigenvalue weighted by atomic mass is 32.2. The van der Waals surface area contributed by atoms with Gasteiger partial charge < -0.3 is 10.1 Å². The van der Waals surface area contributed by atoms with E-state index in [1.54, 1.807) is 12.1 Å². The van der Waals surface area contributed by atoms with Gasteiger partial charge in [0.05, 0.1) is 18.1 Å². The molecule has 0 bridgehead atoms. The molecule has 7 nitrogen and oxygen atoms in total. The van der Waals surface area contributed by atoms with E-state index in [1.807, 2.05) is 6.26 Å². The fourth-order valence-electron chi connectivity index (χ4n) is 3.14. The van der Waals surface area contributed by atoms with Crippen LogP contribution in [0, 0.1) is 16.0 Å². The van der Waals surface area contributed by atoms with Crippen LogP contribution in [-0.2, 0) is 4.74 Å². The molecule has 1 aromatic carbocycles. The molecule has 1 atom stereocenters. The Hall–Kier alpha value is -1.64. The largest absolute Gasteiger partial charge is 0.379 e. The van der Waals surface area contributed by atoms with E-state index in [2.05, 4.69) is 24.1 Å². The molecule has 1 fully saturated rings. The number of benzene rings is 1. The maximum atomic E-state index is 12.6. The average Bonchev–Trinajstić information content (AvgIpc) is 2.64. The van der Waals surface area contributed by atoms with E-state index in [0.29, 0.717) is 25.7 Å². The number of thioether (sulfide) groups is 1. The number of nitro benzene ring substituents is 1. The first-order valence-electron chi connectivity index (χ1n) is 8.84. The molecule has 2 rings (SSSR count). The Bertz CT molecular complexity index is 633. The van der Waals surface area contributed by atoms with Crippen LogP contribution in [0.5, 0.6) is 0 Å². The Kier molecular flexibility index (Phi) is 7.86. The Balaban J connectivity index is 2.10. The SMILES string of the molecule is CSc1ccc([N+](=O)[O-])c(C(=O)NCC(CC(C)C)N2CCOCC2)c1.